The summed E-state index contributed by atoms with van der Waals surface area (Å²) >= 11 is 1.55. The van der Waals surface area contributed by atoms with Crippen LogP contribution in [-0.4, -0.2) is 30.8 Å². The number of nitrogens with one attached hydrogen (secondary N) is 1. The van der Waals surface area contributed by atoms with Crippen LogP contribution in [0.1, 0.15) is 21.5 Å². The molecule has 1 aromatic heterocycles. The van der Waals surface area contributed by atoms with E-state index in [0.29, 0.717) is 16.9 Å². The standard InChI is InChI=1S/C20H19N3O3S2/c1-28(25,26)14-16-9-5-6-10-17(16)20(24)21-18-11-12-19(23-22-18)27-13-15-7-3-2-4-8-15/h2-12H,13-14H2,1H3,(H,21,22,24). The normalized spacial score (nSPS) is 11.2. The lowest BCUT2D eigenvalue weighted by molar-refractivity contribution is 0.102. The fourth-order valence-electron chi connectivity index (χ4n) is 2.53. The quantitative estimate of drug-likeness (QED) is 0.596. The molecule has 0 saturated carbocycles. The van der Waals surface area contributed by atoms with Crippen molar-refractivity contribution < 1.29 is 13.2 Å². The van der Waals surface area contributed by atoms with E-state index in [4.69, 9.17) is 0 Å². The maximum absolute atomic E-state index is 12.5. The van der Waals surface area contributed by atoms with Gasteiger partial charge in [-0.3, -0.25) is 4.79 Å². The highest BCUT2D eigenvalue weighted by Crippen LogP contribution is 2.21. The van der Waals surface area contributed by atoms with E-state index in [1.807, 2.05) is 30.3 Å². The Hall–Kier alpha value is -2.71. The molecule has 1 amide bonds. The molecule has 6 nitrogen and oxygen atoms in total. The highest BCUT2D eigenvalue weighted by Gasteiger charge is 2.15. The van der Waals surface area contributed by atoms with Gasteiger partial charge in [0.2, 0.25) is 0 Å². The van der Waals surface area contributed by atoms with E-state index < -0.39 is 15.7 Å². The molecule has 3 rings (SSSR count). The SMILES string of the molecule is CS(=O)(=O)Cc1ccccc1C(=O)Nc1ccc(SCc2ccccc2)nn1. The Morgan fingerprint density at radius 2 is 1.68 bits per heavy atom. The fraction of sp³-hybridized carbons (Fsp3) is 0.150. The molecule has 144 valence electrons. The second-order valence-corrected chi connectivity index (χ2v) is 9.35. The Balaban J connectivity index is 1.65. The number of hydrogen-bond donors (Lipinski definition) is 1. The van der Waals surface area contributed by atoms with Crippen LogP contribution in [0, 0.1) is 0 Å². The van der Waals surface area contributed by atoms with Crippen molar-refractivity contribution in [1.29, 1.82) is 0 Å². The van der Waals surface area contributed by atoms with Crippen molar-refractivity contribution in [2.24, 2.45) is 0 Å². The van der Waals surface area contributed by atoms with Crippen LogP contribution in [0.25, 0.3) is 0 Å². The second-order valence-electron chi connectivity index (χ2n) is 6.21. The van der Waals surface area contributed by atoms with Gasteiger partial charge in [0.25, 0.3) is 5.91 Å². The molecule has 1 N–H and O–H groups in total. The van der Waals surface area contributed by atoms with Gasteiger partial charge in [-0.1, -0.05) is 60.3 Å². The monoisotopic (exact) mass is 413 g/mol. The van der Waals surface area contributed by atoms with E-state index in [1.54, 1.807) is 48.2 Å². The maximum Gasteiger partial charge on any atom is 0.257 e. The molecule has 0 radical (unpaired) electrons. The number of carbonyl (C=O) groups excluding carboxylic acids is 1. The maximum atomic E-state index is 12.5. The first-order chi connectivity index (χ1) is 13.4. The van der Waals surface area contributed by atoms with Crippen LogP contribution in [0.5, 0.6) is 0 Å². The molecule has 28 heavy (non-hydrogen) atoms. The third-order valence-electron chi connectivity index (χ3n) is 3.79. The summed E-state index contributed by atoms with van der Waals surface area (Å²) in [7, 11) is -3.25. The Bertz CT molecular complexity index is 1050. The molecule has 1 heterocycles. The Morgan fingerprint density at radius 1 is 0.964 bits per heavy atom. The van der Waals surface area contributed by atoms with Crippen molar-refractivity contribution in [2.75, 3.05) is 11.6 Å². The van der Waals surface area contributed by atoms with Crippen LogP contribution >= 0.6 is 11.8 Å². The lowest BCUT2D eigenvalue weighted by atomic mass is 10.1. The summed E-state index contributed by atoms with van der Waals surface area (Å²) in [4.78, 5) is 12.5. The van der Waals surface area contributed by atoms with Crippen molar-refractivity contribution in [3.8, 4) is 0 Å². The van der Waals surface area contributed by atoms with Gasteiger partial charge >= 0.3 is 0 Å². The van der Waals surface area contributed by atoms with Gasteiger partial charge in [0.1, 0.15) is 5.03 Å². The second kappa shape index (κ2) is 8.99. The molecule has 0 aliphatic rings. The number of sulfone groups is 1. The first-order valence-corrected chi connectivity index (χ1v) is 11.5. The molecule has 0 bridgehead atoms. The number of nitrogens with zero attached hydrogens (tertiary/aromatic N) is 2. The predicted molar refractivity (Wildman–Crippen MR) is 111 cm³/mol. The van der Waals surface area contributed by atoms with E-state index in [9.17, 15) is 13.2 Å². The number of aromatic nitrogens is 2. The number of benzene rings is 2. The van der Waals surface area contributed by atoms with Crippen LogP contribution in [-0.2, 0) is 21.3 Å². The molecule has 8 heteroatoms. The van der Waals surface area contributed by atoms with Crippen molar-refractivity contribution >= 4 is 33.3 Å². The summed E-state index contributed by atoms with van der Waals surface area (Å²) in [5, 5.41) is 11.6. The minimum absolute atomic E-state index is 0.197. The van der Waals surface area contributed by atoms with Crippen molar-refractivity contribution in [3.63, 3.8) is 0 Å². The summed E-state index contributed by atoms with van der Waals surface area (Å²) in [6.45, 7) is 0. The molecule has 0 fully saturated rings. The number of hydrogen-bond acceptors (Lipinski definition) is 6. The van der Waals surface area contributed by atoms with Crippen LogP contribution in [0.15, 0.2) is 71.8 Å². The van der Waals surface area contributed by atoms with E-state index in [-0.39, 0.29) is 5.75 Å². The number of amides is 1. The van der Waals surface area contributed by atoms with Gasteiger partial charge in [-0.25, -0.2) is 8.42 Å². The lowest BCUT2D eigenvalue weighted by Gasteiger charge is -2.09. The van der Waals surface area contributed by atoms with Gasteiger partial charge in [0, 0.05) is 17.6 Å². The zero-order chi connectivity index (χ0) is 20.0. The highest BCUT2D eigenvalue weighted by molar-refractivity contribution is 7.98. The number of rotatable bonds is 7. The fourth-order valence-corrected chi connectivity index (χ4v) is 4.12. The predicted octanol–water partition coefficient (Wildman–Crippen LogP) is 3.57. The van der Waals surface area contributed by atoms with E-state index in [1.165, 1.54) is 5.56 Å². The summed E-state index contributed by atoms with van der Waals surface area (Å²) in [5.41, 5.74) is 1.94. The number of thioether (sulfide) groups is 1. The Kier molecular flexibility index (Phi) is 6.43. The van der Waals surface area contributed by atoms with E-state index >= 15 is 0 Å². The summed E-state index contributed by atoms with van der Waals surface area (Å²) in [6, 6.07) is 20.1. The summed E-state index contributed by atoms with van der Waals surface area (Å²) < 4.78 is 23.2. The Morgan fingerprint density at radius 3 is 2.36 bits per heavy atom. The highest BCUT2D eigenvalue weighted by atomic mass is 32.2. The number of carbonyl (C=O) groups is 1. The average Bonchev–Trinajstić information content (AvgIpc) is 2.67. The molecule has 2 aromatic carbocycles. The largest absolute Gasteiger partial charge is 0.305 e. The molecule has 0 atom stereocenters. The zero-order valence-corrected chi connectivity index (χ0v) is 16.8. The lowest BCUT2D eigenvalue weighted by Crippen LogP contribution is -2.16. The first kappa shape index (κ1) is 20.0. The summed E-state index contributed by atoms with van der Waals surface area (Å²) in [6.07, 6.45) is 1.14. The molecule has 0 spiro atoms. The first-order valence-electron chi connectivity index (χ1n) is 8.48. The molecule has 0 saturated heterocycles. The summed E-state index contributed by atoms with van der Waals surface area (Å²) in [5.74, 6) is 0.471. The topological polar surface area (TPSA) is 89.0 Å². The molecular weight excluding hydrogens is 394 g/mol. The van der Waals surface area contributed by atoms with Gasteiger partial charge < -0.3 is 5.32 Å². The number of anilines is 1. The van der Waals surface area contributed by atoms with Gasteiger partial charge in [-0.05, 0) is 29.3 Å². The molecule has 0 aliphatic heterocycles. The van der Waals surface area contributed by atoms with Crippen molar-refractivity contribution in [2.45, 2.75) is 16.5 Å². The minimum Gasteiger partial charge on any atom is -0.305 e. The molecule has 3 aromatic rings. The van der Waals surface area contributed by atoms with Gasteiger partial charge in [0.15, 0.2) is 15.7 Å². The third-order valence-corrected chi connectivity index (χ3v) is 5.62. The van der Waals surface area contributed by atoms with Gasteiger partial charge in [-0.2, -0.15) is 0 Å². The van der Waals surface area contributed by atoms with Gasteiger partial charge in [-0.15, -0.1) is 10.2 Å². The van der Waals surface area contributed by atoms with Crippen LogP contribution in [0.2, 0.25) is 0 Å². The van der Waals surface area contributed by atoms with Crippen molar-refractivity contribution in [1.82, 2.24) is 10.2 Å². The third kappa shape index (κ3) is 5.90. The van der Waals surface area contributed by atoms with Crippen molar-refractivity contribution in [3.05, 3.63) is 83.4 Å². The molecule has 0 aliphatic carbocycles. The Labute approximate surface area is 168 Å². The van der Waals surface area contributed by atoms with Crippen LogP contribution in [0.4, 0.5) is 5.82 Å². The molecule has 0 unspecified atom stereocenters. The zero-order valence-electron chi connectivity index (χ0n) is 15.2. The smallest absolute Gasteiger partial charge is 0.257 e. The van der Waals surface area contributed by atoms with E-state index in [0.717, 1.165) is 17.0 Å². The average molecular weight is 414 g/mol. The molecular formula is C20H19N3O3S2. The van der Waals surface area contributed by atoms with Crippen LogP contribution in [0.3, 0.4) is 0 Å². The van der Waals surface area contributed by atoms with E-state index in [2.05, 4.69) is 15.5 Å². The van der Waals surface area contributed by atoms with Gasteiger partial charge in [0.05, 0.1) is 5.75 Å². The van der Waals surface area contributed by atoms with Crippen LogP contribution < -0.4 is 5.32 Å². The minimum atomic E-state index is -3.25.